The van der Waals surface area contributed by atoms with Crippen LogP contribution in [0.2, 0.25) is 0 Å². The van der Waals surface area contributed by atoms with Crippen LogP contribution in [-0.4, -0.2) is 52.3 Å². The molecule has 1 fully saturated rings. The number of benzene rings is 2. The molecule has 0 bridgehead atoms. The summed E-state index contributed by atoms with van der Waals surface area (Å²) in [6.45, 7) is 3.18. The first-order valence-electron chi connectivity index (χ1n) is 10.4. The fraction of sp³-hybridized carbons (Fsp3) is 0.435. The van der Waals surface area contributed by atoms with E-state index < -0.39 is 51.7 Å². The monoisotopic (exact) mass is 472 g/mol. The summed E-state index contributed by atoms with van der Waals surface area (Å²) in [4.78, 5) is 14.1. The van der Waals surface area contributed by atoms with Crippen molar-refractivity contribution in [3.8, 4) is 11.1 Å². The number of hydrogen-bond donors (Lipinski definition) is 2. The summed E-state index contributed by atoms with van der Waals surface area (Å²) in [5.74, 6) is -2.96. The Balaban J connectivity index is 2.02. The third-order valence-corrected chi connectivity index (χ3v) is 6.46. The lowest BCUT2D eigenvalue weighted by atomic mass is 9.95. The van der Waals surface area contributed by atoms with Crippen molar-refractivity contribution < 1.29 is 26.6 Å². The molecule has 32 heavy (non-hydrogen) atoms. The topological polar surface area (TPSA) is 49.4 Å². The van der Waals surface area contributed by atoms with Crippen molar-refractivity contribution in [3.63, 3.8) is 0 Å². The zero-order valence-electron chi connectivity index (χ0n) is 18.4. The Bertz CT molecular complexity index is 1060. The van der Waals surface area contributed by atoms with Crippen LogP contribution in [0.1, 0.15) is 19.4 Å². The van der Waals surface area contributed by atoms with Gasteiger partial charge in [0.25, 0.3) is 0 Å². The second-order valence-electron chi connectivity index (χ2n) is 8.84. The van der Waals surface area contributed by atoms with Crippen LogP contribution in [0.25, 0.3) is 11.1 Å². The fourth-order valence-corrected chi connectivity index (χ4v) is 5.15. The molecule has 0 unspecified atom stereocenters. The molecule has 2 aromatic rings. The Labute approximate surface area is 186 Å². The van der Waals surface area contributed by atoms with Gasteiger partial charge in [-0.1, -0.05) is 42.2 Å². The zero-order chi connectivity index (χ0) is 23.8. The summed E-state index contributed by atoms with van der Waals surface area (Å²) in [5, 5.41) is 0. The zero-order valence-corrected chi connectivity index (χ0v) is 19.3. The summed E-state index contributed by atoms with van der Waals surface area (Å²) in [7, 11) is -2.87. The van der Waals surface area contributed by atoms with Gasteiger partial charge in [0.15, 0.2) is 0 Å². The quantitative estimate of drug-likeness (QED) is 0.498. The van der Waals surface area contributed by atoms with Crippen molar-refractivity contribution >= 4 is 16.0 Å². The third-order valence-electron chi connectivity index (χ3n) is 5.54. The number of rotatable bonds is 6. The highest BCUT2D eigenvalue weighted by Crippen LogP contribution is 2.32. The standard InChI is InChI=1S/C23H28F4N2O2S/c1-13(2)23(30)29-12-19(26)22(28-32(3,4)31)20(29)10-14-6-5-7-16(21(14)27)17-11-15(24)8-9-18(17)25/h5-9,11,13,19-20,22,32H,10,12H2,1-4H3,(H,28,31)/t19-,20-,22-/m0/s1. The smallest absolute Gasteiger partial charge is 0.225 e. The molecule has 1 saturated heterocycles. The summed E-state index contributed by atoms with van der Waals surface area (Å²) >= 11 is 0. The molecule has 0 radical (unpaired) electrons. The number of alkyl halides is 1. The lowest BCUT2D eigenvalue weighted by Crippen LogP contribution is -2.51. The molecular weight excluding hydrogens is 444 g/mol. The van der Waals surface area contributed by atoms with Crippen molar-refractivity contribution in [2.24, 2.45) is 5.92 Å². The molecule has 1 amide bonds. The van der Waals surface area contributed by atoms with Gasteiger partial charge in [-0.15, -0.1) is 0 Å². The second kappa shape index (κ2) is 9.31. The number of nitrogens with zero attached hydrogens (tertiary/aromatic N) is 1. The summed E-state index contributed by atoms with van der Waals surface area (Å²) < 4.78 is 73.4. The lowest BCUT2D eigenvalue weighted by molar-refractivity contribution is -0.135. The summed E-state index contributed by atoms with van der Waals surface area (Å²) in [6.07, 6.45) is 1.35. The second-order valence-corrected chi connectivity index (χ2v) is 11.8. The highest BCUT2D eigenvalue weighted by molar-refractivity contribution is 7.99. The SMILES string of the molecule is CC(C)C(=O)N1C[C@H](F)[C@H](N[SH](C)(C)=O)[C@@H]1Cc1cccc(-c2cc(F)ccc2F)c1F. The average molecular weight is 473 g/mol. The van der Waals surface area contributed by atoms with Gasteiger partial charge in [-0.25, -0.2) is 17.6 Å². The van der Waals surface area contributed by atoms with Crippen LogP contribution >= 0.6 is 0 Å². The van der Waals surface area contributed by atoms with Gasteiger partial charge in [0.1, 0.15) is 23.6 Å². The highest BCUT2D eigenvalue weighted by atomic mass is 32.3. The normalized spacial score (nSPS) is 21.9. The van der Waals surface area contributed by atoms with Crippen molar-refractivity contribution in [2.75, 3.05) is 19.1 Å². The van der Waals surface area contributed by atoms with Gasteiger partial charge in [-0.2, -0.15) is 0 Å². The molecule has 0 saturated carbocycles. The van der Waals surface area contributed by atoms with Gasteiger partial charge in [-0.05, 0) is 30.2 Å². The van der Waals surface area contributed by atoms with Crippen LogP contribution in [0.15, 0.2) is 36.4 Å². The van der Waals surface area contributed by atoms with E-state index in [1.165, 1.54) is 35.6 Å². The van der Waals surface area contributed by atoms with E-state index in [-0.39, 0.29) is 35.6 Å². The van der Waals surface area contributed by atoms with E-state index in [0.29, 0.717) is 0 Å². The maximum atomic E-state index is 15.4. The summed E-state index contributed by atoms with van der Waals surface area (Å²) in [6, 6.07) is 5.33. The molecule has 0 aliphatic carbocycles. The van der Waals surface area contributed by atoms with Crippen molar-refractivity contribution in [3.05, 3.63) is 59.4 Å². The average Bonchev–Trinajstić information content (AvgIpc) is 2.99. The Hall–Kier alpha value is -2.26. The van der Waals surface area contributed by atoms with E-state index >= 15 is 4.39 Å². The number of nitrogens with one attached hydrogen (secondary N) is 1. The van der Waals surface area contributed by atoms with Crippen molar-refractivity contribution in [1.82, 2.24) is 9.62 Å². The molecular formula is C23H28F4N2O2S. The molecule has 1 aliphatic rings. The van der Waals surface area contributed by atoms with Crippen molar-refractivity contribution in [1.29, 1.82) is 0 Å². The van der Waals surface area contributed by atoms with E-state index in [0.717, 1.165) is 18.2 Å². The predicted octanol–water partition coefficient (Wildman–Crippen LogP) is 3.67. The molecule has 0 aromatic heterocycles. The molecule has 1 aliphatic heterocycles. The van der Waals surface area contributed by atoms with E-state index in [2.05, 4.69) is 4.72 Å². The first kappa shape index (κ1) is 24.4. The Morgan fingerprint density at radius 1 is 1.16 bits per heavy atom. The first-order chi connectivity index (χ1) is 14.9. The van der Waals surface area contributed by atoms with E-state index in [1.54, 1.807) is 13.8 Å². The molecule has 4 nitrogen and oxygen atoms in total. The van der Waals surface area contributed by atoms with Gasteiger partial charge >= 0.3 is 0 Å². The Kier molecular flexibility index (Phi) is 7.09. The predicted molar refractivity (Wildman–Crippen MR) is 119 cm³/mol. The van der Waals surface area contributed by atoms with Crippen LogP contribution in [0, 0.1) is 23.4 Å². The third kappa shape index (κ3) is 5.20. The van der Waals surface area contributed by atoms with Gasteiger partial charge < -0.3 is 4.90 Å². The van der Waals surface area contributed by atoms with Crippen LogP contribution in [0.4, 0.5) is 17.6 Å². The maximum Gasteiger partial charge on any atom is 0.225 e. The number of hydrogen-bond acceptors (Lipinski definition) is 2. The molecule has 2 aromatic carbocycles. The van der Waals surface area contributed by atoms with Crippen LogP contribution in [0.3, 0.4) is 0 Å². The van der Waals surface area contributed by atoms with E-state index in [4.69, 9.17) is 0 Å². The minimum absolute atomic E-state index is 0.0762. The van der Waals surface area contributed by atoms with Gasteiger partial charge in [0.2, 0.25) is 5.91 Å². The minimum Gasteiger partial charge on any atom is -0.334 e. The molecule has 3 rings (SSSR count). The Morgan fingerprint density at radius 2 is 1.84 bits per heavy atom. The molecule has 176 valence electrons. The summed E-state index contributed by atoms with van der Waals surface area (Å²) in [5.41, 5.74) is -0.228. The number of halogens is 4. The number of likely N-dealkylation sites (tertiary alicyclic amines) is 1. The number of thiol groups is 1. The molecule has 1 N–H and O–H groups in total. The molecule has 0 spiro atoms. The van der Waals surface area contributed by atoms with Crippen LogP contribution in [0.5, 0.6) is 0 Å². The first-order valence-corrected chi connectivity index (χ1v) is 13.0. The molecule has 1 heterocycles. The fourth-order valence-electron chi connectivity index (χ4n) is 4.09. The van der Waals surface area contributed by atoms with E-state index in [9.17, 15) is 22.2 Å². The Morgan fingerprint density at radius 3 is 2.47 bits per heavy atom. The van der Waals surface area contributed by atoms with Crippen molar-refractivity contribution in [2.45, 2.75) is 38.5 Å². The lowest BCUT2D eigenvalue weighted by Gasteiger charge is -2.32. The largest absolute Gasteiger partial charge is 0.334 e. The van der Waals surface area contributed by atoms with Crippen LogP contribution < -0.4 is 4.72 Å². The maximum absolute atomic E-state index is 15.4. The highest BCUT2D eigenvalue weighted by Gasteiger charge is 2.45. The number of amides is 1. The van der Waals surface area contributed by atoms with Gasteiger partial charge in [0, 0.05) is 29.6 Å². The van der Waals surface area contributed by atoms with Gasteiger partial charge in [-0.3, -0.25) is 13.7 Å². The van der Waals surface area contributed by atoms with Crippen LogP contribution in [-0.2, 0) is 21.3 Å². The van der Waals surface area contributed by atoms with Gasteiger partial charge in [0.05, 0.1) is 18.6 Å². The number of carbonyl (C=O) groups excluding carboxylic acids is 1. The molecule has 3 atom stereocenters. The number of carbonyl (C=O) groups is 1. The van der Waals surface area contributed by atoms with E-state index in [1.807, 2.05) is 0 Å². The molecule has 9 heteroatoms. The minimum atomic E-state index is -2.87.